The third kappa shape index (κ3) is 2.67. The molecule has 24 heavy (non-hydrogen) atoms. The fraction of sp³-hybridized carbons (Fsp3) is 0.882. The maximum atomic E-state index is 11.4. The Morgan fingerprint density at radius 3 is 3.00 bits per heavy atom. The average molecular weight is 336 g/mol. The number of aliphatic hydroxyl groups is 1. The number of piperidine rings is 1. The number of ether oxygens (including phenoxy) is 2. The van der Waals surface area contributed by atoms with Gasteiger partial charge < -0.3 is 19.1 Å². The second-order valence-electron chi connectivity index (χ2n) is 7.73. The first-order valence-corrected chi connectivity index (χ1v) is 9.10. The van der Waals surface area contributed by atoms with Crippen molar-refractivity contribution in [3.05, 3.63) is 12.2 Å². The van der Waals surface area contributed by atoms with Gasteiger partial charge in [-0.2, -0.15) is 0 Å². The largest absolute Gasteiger partial charge is 0.389 e. The first kappa shape index (κ1) is 16.4. The highest BCUT2D eigenvalue weighted by Gasteiger charge is 2.55. The van der Waals surface area contributed by atoms with E-state index in [4.69, 9.17) is 9.47 Å². The molecule has 134 valence electrons. The Kier molecular flexibility index (Phi) is 4.36. The minimum absolute atomic E-state index is 0.143. The predicted molar refractivity (Wildman–Crippen MR) is 87.4 cm³/mol. The van der Waals surface area contributed by atoms with Crippen molar-refractivity contribution in [1.82, 2.24) is 19.7 Å². The molecule has 0 unspecified atom stereocenters. The molecule has 1 aromatic heterocycles. The van der Waals surface area contributed by atoms with Crippen molar-refractivity contribution in [2.45, 2.75) is 50.9 Å². The minimum atomic E-state index is -0.647. The number of nitrogens with zero attached hydrogens (tertiary/aromatic N) is 4. The zero-order valence-corrected chi connectivity index (χ0v) is 14.6. The molecule has 0 aromatic carbocycles. The normalized spacial score (nSPS) is 37.2. The van der Waals surface area contributed by atoms with Gasteiger partial charge in [0.1, 0.15) is 12.2 Å². The molecule has 0 radical (unpaired) electrons. The zero-order valence-electron chi connectivity index (χ0n) is 14.6. The van der Waals surface area contributed by atoms with Crippen LogP contribution in [0.4, 0.5) is 0 Å². The fourth-order valence-corrected chi connectivity index (χ4v) is 4.74. The summed E-state index contributed by atoms with van der Waals surface area (Å²) in [5, 5.41) is 19.8. The quantitative estimate of drug-likeness (QED) is 0.882. The molecule has 3 saturated heterocycles. The lowest BCUT2D eigenvalue weighted by atomic mass is 9.66. The van der Waals surface area contributed by atoms with Crippen LogP contribution < -0.4 is 0 Å². The van der Waals surface area contributed by atoms with Crippen LogP contribution in [0.1, 0.15) is 38.6 Å². The van der Waals surface area contributed by atoms with Crippen molar-refractivity contribution in [3.63, 3.8) is 0 Å². The van der Waals surface area contributed by atoms with Crippen LogP contribution in [-0.4, -0.2) is 69.4 Å². The van der Waals surface area contributed by atoms with E-state index in [1.807, 2.05) is 6.33 Å². The predicted octanol–water partition coefficient (Wildman–Crippen LogP) is 0.847. The molecule has 0 aliphatic carbocycles. The molecule has 0 spiro atoms. The van der Waals surface area contributed by atoms with E-state index in [0.29, 0.717) is 31.9 Å². The van der Waals surface area contributed by atoms with Crippen molar-refractivity contribution >= 4 is 0 Å². The molecule has 3 aliphatic rings. The van der Waals surface area contributed by atoms with Crippen molar-refractivity contribution in [2.24, 2.45) is 11.8 Å². The van der Waals surface area contributed by atoms with E-state index >= 15 is 0 Å². The number of hydrogen-bond donors (Lipinski definition) is 1. The highest BCUT2D eigenvalue weighted by molar-refractivity contribution is 5.07. The molecule has 0 amide bonds. The molecule has 4 atom stereocenters. The summed E-state index contributed by atoms with van der Waals surface area (Å²) in [4.78, 5) is 2.48. The van der Waals surface area contributed by atoms with Crippen LogP contribution in [0.5, 0.6) is 0 Å². The van der Waals surface area contributed by atoms with Crippen molar-refractivity contribution in [3.8, 4) is 0 Å². The van der Waals surface area contributed by atoms with Crippen LogP contribution in [0.2, 0.25) is 0 Å². The Labute approximate surface area is 142 Å². The van der Waals surface area contributed by atoms with Crippen LogP contribution >= 0.6 is 0 Å². The molecule has 3 fully saturated rings. The van der Waals surface area contributed by atoms with Gasteiger partial charge in [-0.25, -0.2) is 0 Å². The topological polar surface area (TPSA) is 72.6 Å². The Bertz CT molecular complexity index is 578. The van der Waals surface area contributed by atoms with Gasteiger partial charge in [0.25, 0.3) is 0 Å². The van der Waals surface area contributed by atoms with E-state index in [9.17, 15) is 5.11 Å². The van der Waals surface area contributed by atoms with Gasteiger partial charge in [-0.3, -0.25) is 4.90 Å². The smallest absolute Gasteiger partial charge is 0.147 e. The number of hydrogen-bond acceptors (Lipinski definition) is 6. The SMILES string of the molecule is CC(C)n1cnnc1CN1C[C@@H]2COCC[C@]2(O)[C@H]2COCC[C@H]21. The summed E-state index contributed by atoms with van der Waals surface area (Å²) in [6.45, 7) is 8.61. The minimum Gasteiger partial charge on any atom is -0.389 e. The highest BCUT2D eigenvalue weighted by Crippen LogP contribution is 2.44. The molecule has 1 aromatic rings. The molecule has 7 heteroatoms. The molecule has 0 saturated carbocycles. The summed E-state index contributed by atoms with van der Waals surface area (Å²) >= 11 is 0. The van der Waals surface area contributed by atoms with Gasteiger partial charge in [-0.05, 0) is 20.3 Å². The number of rotatable bonds is 3. The lowest BCUT2D eigenvalue weighted by Crippen LogP contribution is -2.67. The molecule has 7 nitrogen and oxygen atoms in total. The molecule has 0 bridgehead atoms. The Morgan fingerprint density at radius 2 is 2.17 bits per heavy atom. The second kappa shape index (κ2) is 6.37. The molecule has 4 rings (SSSR count). The van der Waals surface area contributed by atoms with Gasteiger partial charge in [-0.15, -0.1) is 10.2 Å². The summed E-state index contributed by atoms with van der Waals surface area (Å²) in [7, 11) is 0. The first-order valence-electron chi connectivity index (χ1n) is 9.10. The summed E-state index contributed by atoms with van der Waals surface area (Å²) in [5.74, 6) is 1.30. The summed E-state index contributed by atoms with van der Waals surface area (Å²) in [6, 6.07) is 0.690. The Morgan fingerprint density at radius 1 is 1.33 bits per heavy atom. The fourth-order valence-electron chi connectivity index (χ4n) is 4.74. The maximum Gasteiger partial charge on any atom is 0.147 e. The van der Waals surface area contributed by atoms with E-state index in [1.54, 1.807) is 0 Å². The van der Waals surface area contributed by atoms with Crippen molar-refractivity contribution in [2.75, 3.05) is 33.0 Å². The van der Waals surface area contributed by atoms with E-state index in [0.717, 1.165) is 38.4 Å². The van der Waals surface area contributed by atoms with Crippen LogP contribution in [0.25, 0.3) is 0 Å². The molecule has 4 heterocycles. The highest BCUT2D eigenvalue weighted by atomic mass is 16.5. The summed E-state index contributed by atoms with van der Waals surface area (Å²) < 4.78 is 13.5. The van der Waals surface area contributed by atoms with Gasteiger partial charge in [0.15, 0.2) is 0 Å². The van der Waals surface area contributed by atoms with E-state index < -0.39 is 5.60 Å². The maximum absolute atomic E-state index is 11.4. The van der Waals surface area contributed by atoms with Crippen LogP contribution in [-0.2, 0) is 16.0 Å². The second-order valence-corrected chi connectivity index (χ2v) is 7.73. The number of fused-ring (bicyclic) bond motifs is 3. The van der Waals surface area contributed by atoms with Crippen molar-refractivity contribution < 1.29 is 14.6 Å². The Balaban J connectivity index is 1.60. The molecule has 3 aliphatic heterocycles. The molecular weight excluding hydrogens is 308 g/mol. The Hall–Kier alpha value is -1.02. The standard InChI is InChI=1S/C17H28N4O3/c1-12(2)21-11-18-19-16(21)8-20-7-13-9-24-6-4-17(13,22)14-10-23-5-3-15(14)20/h11-15,22H,3-10H2,1-2H3/t13-,14+,15-,17-/m1/s1. The van der Waals surface area contributed by atoms with Gasteiger partial charge in [-0.1, -0.05) is 0 Å². The van der Waals surface area contributed by atoms with E-state index in [2.05, 4.69) is 33.5 Å². The van der Waals surface area contributed by atoms with Crippen LogP contribution in [0.3, 0.4) is 0 Å². The van der Waals surface area contributed by atoms with E-state index in [1.165, 1.54) is 0 Å². The van der Waals surface area contributed by atoms with Gasteiger partial charge in [0, 0.05) is 50.1 Å². The van der Waals surface area contributed by atoms with Crippen LogP contribution in [0.15, 0.2) is 6.33 Å². The summed E-state index contributed by atoms with van der Waals surface area (Å²) in [5.41, 5.74) is -0.647. The van der Waals surface area contributed by atoms with Gasteiger partial charge >= 0.3 is 0 Å². The van der Waals surface area contributed by atoms with Crippen LogP contribution in [0, 0.1) is 11.8 Å². The summed E-state index contributed by atoms with van der Waals surface area (Å²) in [6.07, 6.45) is 3.50. The molecular formula is C17H28N4O3. The van der Waals surface area contributed by atoms with E-state index in [-0.39, 0.29) is 11.8 Å². The lowest BCUT2D eigenvalue weighted by molar-refractivity contribution is -0.221. The first-order chi connectivity index (χ1) is 11.6. The third-order valence-corrected chi connectivity index (χ3v) is 6.11. The average Bonchev–Trinajstić information content (AvgIpc) is 3.04. The number of aromatic nitrogens is 3. The third-order valence-electron chi connectivity index (χ3n) is 6.11. The monoisotopic (exact) mass is 336 g/mol. The van der Waals surface area contributed by atoms with Crippen molar-refractivity contribution in [1.29, 1.82) is 0 Å². The van der Waals surface area contributed by atoms with Gasteiger partial charge in [0.2, 0.25) is 0 Å². The molecule has 1 N–H and O–H groups in total. The number of likely N-dealkylation sites (tertiary alicyclic amines) is 1. The van der Waals surface area contributed by atoms with Gasteiger partial charge in [0.05, 0.1) is 25.4 Å². The lowest BCUT2D eigenvalue weighted by Gasteiger charge is -2.57. The zero-order chi connectivity index (χ0) is 16.7.